The summed E-state index contributed by atoms with van der Waals surface area (Å²) in [5.74, 6) is -0.0730. The number of rotatable bonds is 4. The van der Waals surface area contributed by atoms with Crippen LogP contribution in [0.3, 0.4) is 0 Å². The van der Waals surface area contributed by atoms with Crippen LogP contribution < -0.4 is 11.1 Å². The van der Waals surface area contributed by atoms with Crippen LogP contribution in [0.15, 0.2) is 18.2 Å². The molecule has 6 heteroatoms. The van der Waals surface area contributed by atoms with Gasteiger partial charge in [-0.15, -0.1) is 0 Å². The number of hydrogen-bond acceptors (Lipinski definition) is 4. The molecule has 1 fully saturated rings. The summed E-state index contributed by atoms with van der Waals surface area (Å²) in [7, 11) is 1.93. The summed E-state index contributed by atoms with van der Waals surface area (Å²) in [6, 6.07) is 5.37. The minimum atomic E-state index is -0.0730. The topological polar surface area (TPSA) is 67.6 Å². The normalized spacial score (nSPS) is 18.8. The summed E-state index contributed by atoms with van der Waals surface area (Å²) in [6.07, 6.45) is 0.970. The third-order valence-corrected chi connectivity index (χ3v) is 3.55. The van der Waals surface area contributed by atoms with Gasteiger partial charge in [0, 0.05) is 18.3 Å². The molecule has 1 aliphatic rings. The van der Waals surface area contributed by atoms with Crippen LogP contribution in [0.25, 0.3) is 0 Å². The molecule has 3 N–H and O–H groups in total. The molecule has 0 aliphatic carbocycles. The Kier molecular flexibility index (Phi) is 4.63. The van der Waals surface area contributed by atoms with Crippen LogP contribution in [0.4, 0.5) is 11.4 Å². The van der Waals surface area contributed by atoms with E-state index >= 15 is 0 Å². The first-order chi connectivity index (χ1) is 9.06. The van der Waals surface area contributed by atoms with E-state index in [1.54, 1.807) is 18.2 Å². The molecule has 1 aliphatic heterocycles. The maximum atomic E-state index is 11.9. The molecule has 104 valence electrons. The van der Waals surface area contributed by atoms with Gasteiger partial charge in [0.05, 0.1) is 23.9 Å². The van der Waals surface area contributed by atoms with Crippen molar-refractivity contribution in [1.82, 2.24) is 4.90 Å². The number of carbonyl (C=O) groups is 1. The van der Waals surface area contributed by atoms with E-state index in [2.05, 4.69) is 5.32 Å². The lowest BCUT2D eigenvalue weighted by Crippen LogP contribution is -2.38. The lowest BCUT2D eigenvalue weighted by Gasteiger charge is -2.22. The lowest BCUT2D eigenvalue weighted by molar-refractivity contribution is -0.117. The van der Waals surface area contributed by atoms with E-state index in [0.717, 1.165) is 13.0 Å². The highest BCUT2D eigenvalue weighted by atomic mass is 35.5. The van der Waals surface area contributed by atoms with E-state index in [-0.39, 0.29) is 5.91 Å². The summed E-state index contributed by atoms with van der Waals surface area (Å²) in [6.45, 7) is 1.79. The number of nitrogens with two attached hydrogens (primary N) is 1. The summed E-state index contributed by atoms with van der Waals surface area (Å²) in [4.78, 5) is 13.9. The highest BCUT2D eigenvalue weighted by Crippen LogP contribution is 2.22. The summed E-state index contributed by atoms with van der Waals surface area (Å²) in [5.41, 5.74) is 6.80. The standard InChI is InChI=1S/C13H18ClN3O2/c1-17(10-4-5-19-8-10)7-13(18)16-9-2-3-11(14)12(15)6-9/h2-3,6,10H,4-5,7-8,15H2,1H3,(H,16,18). The summed E-state index contributed by atoms with van der Waals surface area (Å²) < 4.78 is 5.30. The highest BCUT2D eigenvalue weighted by molar-refractivity contribution is 6.33. The Morgan fingerprint density at radius 3 is 3.05 bits per heavy atom. The smallest absolute Gasteiger partial charge is 0.238 e. The Balaban J connectivity index is 1.88. The molecule has 2 rings (SSSR count). The quantitative estimate of drug-likeness (QED) is 0.824. The van der Waals surface area contributed by atoms with Crippen LogP contribution in [0.1, 0.15) is 6.42 Å². The van der Waals surface area contributed by atoms with E-state index in [1.807, 2.05) is 11.9 Å². The van der Waals surface area contributed by atoms with Gasteiger partial charge >= 0.3 is 0 Å². The molecule has 1 aromatic carbocycles. The fourth-order valence-corrected chi connectivity index (χ4v) is 2.16. The van der Waals surface area contributed by atoms with Crippen molar-refractivity contribution in [3.63, 3.8) is 0 Å². The molecule has 1 saturated heterocycles. The van der Waals surface area contributed by atoms with Gasteiger partial charge in [-0.1, -0.05) is 11.6 Å². The Labute approximate surface area is 117 Å². The number of nitrogens with one attached hydrogen (secondary N) is 1. The van der Waals surface area contributed by atoms with Crippen LogP contribution in [0.2, 0.25) is 5.02 Å². The molecule has 0 spiro atoms. The molecule has 0 aromatic heterocycles. The van der Waals surface area contributed by atoms with Crippen molar-refractivity contribution in [3.05, 3.63) is 23.2 Å². The third-order valence-electron chi connectivity index (χ3n) is 3.20. The van der Waals surface area contributed by atoms with E-state index < -0.39 is 0 Å². The van der Waals surface area contributed by atoms with E-state index in [4.69, 9.17) is 22.1 Å². The maximum Gasteiger partial charge on any atom is 0.238 e. The van der Waals surface area contributed by atoms with Crippen molar-refractivity contribution in [1.29, 1.82) is 0 Å². The third kappa shape index (κ3) is 3.83. The number of ether oxygens (including phenoxy) is 1. The molecule has 0 radical (unpaired) electrons. The van der Waals surface area contributed by atoms with Crippen molar-refractivity contribution in [2.45, 2.75) is 12.5 Å². The minimum absolute atomic E-state index is 0.0730. The zero-order chi connectivity index (χ0) is 13.8. The average molecular weight is 284 g/mol. The number of nitrogens with zero attached hydrogens (tertiary/aromatic N) is 1. The number of benzene rings is 1. The van der Waals surface area contributed by atoms with Gasteiger partial charge in [-0.25, -0.2) is 0 Å². The van der Waals surface area contributed by atoms with Crippen LogP contribution in [-0.4, -0.2) is 43.7 Å². The SMILES string of the molecule is CN(CC(=O)Nc1ccc(Cl)c(N)c1)C1CCOC1. The van der Waals surface area contributed by atoms with Crippen molar-refractivity contribution in [3.8, 4) is 0 Å². The predicted molar refractivity (Wildman–Crippen MR) is 76.3 cm³/mol. The van der Waals surface area contributed by atoms with Crippen LogP contribution in [0.5, 0.6) is 0 Å². The first kappa shape index (κ1) is 14.1. The number of anilines is 2. The largest absolute Gasteiger partial charge is 0.397 e. The van der Waals surface area contributed by atoms with Gasteiger partial charge < -0.3 is 15.8 Å². The molecule has 1 aromatic rings. The molecule has 5 nitrogen and oxygen atoms in total. The molecular weight excluding hydrogens is 266 g/mol. The van der Waals surface area contributed by atoms with E-state index in [1.165, 1.54) is 0 Å². The van der Waals surface area contributed by atoms with Crippen molar-refractivity contribution in [2.75, 3.05) is 37.9 Å². The lowest BCUT2D eigenvalue weighted by atomic mass is 10.2. The highest BCUT2D eigenvalue weighted by Gasteiger charge is 2.21. The predicted octanol–water partition coefficient (Wildman–Crippen LogP) is 1.58. The maximum absolute atomic E-state index is 11.9. The first-order valence-electron chi connectivity index (χ1n) is 6.19. The van der Waals surface area contributed by atoms with Gasteiger partial charge in [-0.05, 0) is 31.7 Å². The fraction of sp³-hybridized carbons (Fsp3) is 0.462. The number of halogens is 1. The summed E-state index contributed by atoms with van der Waals surface area (Å²) >= 11 is 5.83. The van der Waals surface area contributed by atoms with E-state index in [0.29, 0.717) is 35.6 Å². The average Bonchev–Trinajstić information content (AvgIpc) is 2.87. The molecule has 1 atom stereocenters. The van der Waals surface area contributed by atoms with Crippen molar-refractivity contribution in [2.24, 2.45) is 0 Å². The zero-order valence-electron chi connectivity index (χ0n) is 10.9. The number of nitrogen functional groups attached to an aromatic ring is 1. The number of likely N-dealkylation sites (N-methyl/N-ethyl adjacent to an activating group) is 1. The first-order valence-corrected chi connectivity index (χ1v) is 6.57. The van der Waals surface area contributed by atoms with E-state index in [9.17, 15) is 4.79 Å². The summed E-state index contributed by atoms with van der Waals surface area (Å²) in [5, 5.41) is 3.29. The molecular formula is C13H18ClN3O2. The van der Waals surface area contributed by atoms with Crippen LogP contribution in [-0.2, 0) is 9.53 Å². The van der Waals surface area contributed by atoms with Gasteiger partial charge in [0.25, 0.3) is 0 Å². The van der Waals surface area contributed by atoms with Crippen molar-refractivity contribution < 1.29 is 9.53 Å². The van der Waals surface area contributed by atoms with Gasteiger partial charge in [0.1, 0.15) is 0 Å². The Morgan fingerprint density at radius 2 is 2.42 bits per heavy atom. The fourth-order valence-electron chi connectivity index (χ4n) is 2.05. The number of hydrogen-bond donors (Lipinski definition) is 2. The van der Waals surface area contributed by atoms with Crippen LogP contribution >= 0.6 is 11.6 Å². The second-order valence-electron chi connectivity index (χ2n) is 4.72. The molecule has 1 heterocycles. The van der Waals surface area contributed by atoms with Gasteiger partial charge in [0.15, 0.2) is 0 Å². The Morgan fingerprint density at radius 1 is 1.63 bits per heavy atom. The molecule has 1 unspecified atom stereocenters. The number of amides is 1. The Bertz CT molecular complexity index is 461. The van der Waals surface area contributed by atoms with Crippen LogP contribution in [0, 0.1) is 0 Å². The van der Waals surface area contributed by atoms with Gasteiger partial charge in [0.2, 0.25) is 5.91 Å². The van der Waals surface area contributed by atoms with Crippen molar-refractivity contribution >= 4 is 28.9 Å². The molecule has 19 heavy (non-hydrogen) atoms. The second-order valence-corrected chi connectivity index (χ2v) is 5.12. The van der Waals surface area contributed by atoms with Gasteiger partial charge in [-0.2, -0.15) is 0 Å². The molecule has 0 saturated carbocycles. The second kappa shape index (κ2) is 6.23. The molecule has 0 bridgehead atoms. The zero-order valence-corrected chi connectivity index (χ0v) is 11.6. The Hall–Kier alpha value is -1.30. The monoisotopic (exact) mass is 283 g/mol. The number of carbonyl (C=O) groups excluding carboxylic acids is 1. The minimum Gasteiger partial charge on any atom is -0.397 e. The molecule has 1 amide bonds. The van der Waals surface area contributed by atoms with Gasteiger partial charge in [-0.3, -0.25) is 9.69 Å².